The van der Waals surface area contributed by atoms with Gasteiger partial charge in [0.15, 0.2) is 6.61 Å². The molecular formula is C17H16Cl2N2O2. The lowest BCUT2D eigenvalue weighted by Crippen LogP contribution is -2.24. The van der Waals surface area contributed by atoms with Crippen molar-refractivity contribution in [2.75, 3.05) is 6.61 Å². The monoisotopic (exact) mass is 350 g/mol. The minimum absolute atomic E-state index is 0.126. The molecule has 0 aliphatic heterocycles. The average Bonchev–Trinajstić information content (AvgIpc) is 2.56. The summed E-state index contributed by atoms with van der Waals surface area (Å²) >= 11 is 12.0. The van der Waals surface area contributed by atoms with E-state index in [-0.39, 0.29) is 12.5 Å². The van der Waals surface area contributed by atoms with Crippen LogP contribution in [0.3, 0.4) is 0 Å². The van der Waals surface area contributed by atoms with Crippen LogP contribution in [0.15, 0.2) is 47.6 Å². The summed E-state index contributed by atoms with van der Waals surface area (Å²) in [5, 5.41) is 4.75. The number of carbonyl (C=O) groups excluding carboxylic acids is 1. The first-order valence-electron chi connectivity index (χ1n) is 7.07. The zero-order chi connectivity index (χ0) is 16.7. The van der Waals surface area contributed by atoms with Crippen molar-refractivity contribution in [3.63, 3.8) is 0 Å². The maximum Gasteiger partial charge on any atom is 0.277 e. The van der Waals surface area contributed by atoms with E-state index in [0.29, 0.717) is 21.4 Å². The topological polar surface area (TPSA) is 50.7 Å². The van der Waals surface area contributed by atoms with Crippen molar-refractivity contribution in [2.45, 2.75) is 13.3 Å². The molecule has 2 aromatic rings. The van der Waals surface area contributed by atoms with Gasteiger partial charge in [0.1, 0.15) is 5.75 Å². The number of rotatable bonds is 6. The number of hydrazone groups is 1. The van der Waals surface area contributed by atoms with Crippen molar-refractivity contribution in [1.29, 1.82) is 0 Å². The zero-order valence-corrected chi connectivity index (χ0v) is 14.1. The van der Waals surface area contributed by atoms with Crippen LogP contribution in [0, 0.1) is 0 Å². The lowest BCUT2D eigenvalue weighted by atomic mass is 10.2. The number of hydrogen-bond acceptors (Lipinski definition) is 3. The van der Waals surface area contributed by atoms with Gasteiger partial charge in [0.25, 0.3) is 5.91 Å². The van der Waals surface area contributed by atoms with Crippen LogP contribution < -0.4 is 10.2 Å². The Morgan fingerprint density at radius 3 is 2.43 bits per heavy atom. The van der Waals surface area contributed by atoms with Gasteiger partial charge in [-0.05, 0) is 36.2 Å². The van der Waals surface area contributed by atoms with Gasteiger partial charge in [-0.2, -0.15) is 5.10 Å². The van der Waals surface area contributed by atoms with Crippen LogP contribution in [0.5, 0.6) is 5.75 Å². The highest BCUT2D eigenvalue weighted by Gasteiger charge is 2.04. The van der Waals surface area contributed by atoms with Crippen LogP contribution in [0.1, 0.15) is 18.1 Å². The third-order valence-electron chi connectivity index (χ3n) is 3.08. The quantitative estimate of drug-likeness (QED) is 0.630. The highest BCUT2D eigenvalue weighted by atomic mass is 35.5. The fraction of sp³-hybridized carbons (Fsp3) is 0.176. The third-order valence-corrected chi connectivity index (χ3v) is 3.74. The number of nitrogens with one attached hydrogen (secondary N) is 1. The molecule has 0 saturated carbocycles. The zero-order valence-electron chi connectivity index (χ0n) is 12.6. The molecule has 0 aliphatic rings. The van der Waals surface area contributed by atoms with Gasteiger partial charge in [-0.3, -0.25) is 4.79 Å². The fourth-order valence-electron chi connectivity index (χ4n) is 1.81. The highest BCUT2D eigenvalue weighted by molar-refractivity contribution is 6.38. The molecule has 0 spiro atoms. The maximum atomic E-state index is 11.7. The number of halogens is 2. The summed E-state index contributed by atoms with van der Waals surface area (Å²) in [6, 6.07) is 12.7. The number of aryl methyl sites for hydroxylation is 1. The molecule has 0 heterocycles. The predicted molar refractivity (Wildman–Crippen MR) is 93.5 cm³/mol. The van der Waals surface area contributed by atoms with E-state index in [0.717, 1.165) is 6.42 Å². The summed E-state index contributed by atoms with van der Waals surface area (Å²) in [4.78, 5) is 11.7. The SMILES string of the molecule is CCc1ccc(OCC(=O)NN=Cc2c(Cl)cccc2Cl)cc1. The molecule has 120 valence electrons. The van der Waals surface area contributed by atoms with Crippen LogP contribution >= 0.6 is 23.2 Å². The van der Waals surface area contributed by atoms with E-state index in [4.69, 9.17) is 27.9 Å². The predicted octanol–water partition coefficient (Wildman–Crippen LogP) is 4.08. The van der Waals surface area contributed by atoms with Crippen molar-refractivity contribution >= 4 is 35.3 Å². The molecule has 0 bridgehead atoms. The Morgan fingerprint density at radius 1 is 1.17 bits per heavy atom. The second-order valence-corrected chi connectivity index (χ2v) is 5.53. The van der Waals surface area contributed by atoms with Gasteiger partial charge in [-0.15, -0.1) is 0 Å². The molecule has 2 aromatic carbocycles. The van der Waals surface area contributed by atoms with Gasteiger partial charge in [0.2, 0.25) is 0 Å². The summed E-state index contributed by atoms with van der Waals surface area (Å²) in [6.07, 6.45) is 2.36. The van der Waals surface area contributed by atoms with E-state index < -0.39 is 0 Å². The Labute approximate surface area is 145 Å². The van der Waals surface area contributed by atoms with Gasteiger partial charge in [0, 0.05) is 5.56 Å². The van der Waals surface area contributed by atoms with Crippen LogP contribution in [0.2, 0.25) is 10.0 Å². The first-order chi connectivity index (χ1) is 11.1. The Morgan fingerprint density at radius 2 is 1.83 bits per heavy atom. The first-order valence-corrected chi connectivity index (χ1v) is 7.83. The van der Waals surface area contributed by atoms with E-state index in [1.807, 2.05) is 24.3 Å². The Kier molecular flexibility index (Phi) is 6.44. The first kappa shape index (κ1) is 17.3. The molecule has 0 aliphatic carbocycles. The molecular weight excluding hydrogens is 335 g/mol. The van der Waals surface area contributed by atoms with Gasteiger partial charge in [-0.1, -0.05) is 48.3 Å². The van der Waals surface area contributed by atoms with E-state index >= 15 is 0 Å². The molecule has 1 amide bonds. The number of amides is 1. The normalized spacial score (nSPS) is 10.7. The number of ether oxygens (including phenoxy) is 1. The van der Waals surface area contributed by atoms with Gasteiger partial charge >= 0.3 is 0 Å². The van der Waals surface area contributed by atoms with Gasteiger partial charge in [-0.25, -0.2) is 5.43 Å². The number of nitrogens with zero attached hydrogens (tertiary/aromatic N) is 1. The average molecular weight is 351 g/mol. The smallest absolute Gasteiger partial charge is 0.277 e. The Balaban J connectivity index is 1.84. The molecule has 0 fully saturated rings. The third kappa shape index (κ3) is 5.27. The Bertz CT molecular complexity index is 680. The largest absolute Gasteiger partial charge is 0.484 e. The van der Waals surface area contributed by atoms with Gasteiger partial charge in [0.05, 0.1) is 16.3 Å². The van der Waals surface area contributed by atoms with Crippen LogP contribution in [0.4, 0.5) is 0 Å². The molecule has 4 nitrogen and oxygen atoms in total. The van der Waals surface area contributed by atoms with Crippen molar-refractivity contribution in [3.8, 4) is 5.75 Å². The second-order valence-electron chi connectivity index (χ2n) is 4.71. The molecule has 0 atom stereocenters. The molecule has 0 saturated heterocycles. The lowest BCUT2D eigenvalue weighted by molar-refractivity contribution is -0.123. The van der Waals surface area contributed by atoms with Crippen molar-refractivity contribution in [2.24, 2.45) is 5.10 Å². The number of hydrogen-bond donors (Lipinski definition) is 1. The number of carbonyl (C=O) groups is 1. The molecule has 0 aromatic heterocycles. The highest BCUT2D eigenvalue weighted by Crippen LogP contribution is 2.21. The summed E-state index contributed by atoms with van der Waals surface area (Å²) in [6.45, 7) is 1.95. The lowest BCUT2D eigenvalue weighted by Gasteiger charge is -2.06. The maximum absolute atomic E-state index is 11.7. The van der Waals surface area contributed by atoms with Crippen molar-refractivity contribution < 1.29 is 9.53 Å². The van der Waals surface area contributed by atoms with Crippen LogP contribution in [-0.4, -0.2) is 18.7 Å². The standard InChI is InChI=1S/C17H16Cl2N2O2/c1-2-12-6-8-13(9-7-12)23-11-17(22)21-20-10-14-15(18)4-3-5-16(14)19/h3-10H,2,11H2,1H3,(H,21,22). The summed E-state index contributed by atoms with van der Waals surface area (Å²) < 4.78 is 5.38. The van der Waals surface area contributed by atoms with Crippen LogP contribution in [0.25, 0.3) is 0 Å². The summed E-state index contributed by atoms with van der Waals surface area (Å²) in [7, 11) is 0. The van der Waals surface area contributed by atoms with E-state index in [1.54, 1.807) is 18.2 Å². The molecule has 2 rings (SSSR count). The Hall–Kier alpha value is -2.04. The number of benzene rings is 2. The fourth-order valence-corrected chi connectivity index (χ4v) is 2.30. The van der Waals surface area contributed by atoms with E-state index in [2.05, 4.69) is 17.5 Å². The minimum atomic E-state index is -0.371. The van der Waals surface area contributed by atoms with Crippen molar-refractivity contribution in [3.05, 3.63) is 63.6 Å². The van der Waals surface area contributed by atoms with Gasteiger partial charge < -0.3 is 4.74 Å². The molecule has 1 N–H and O–H groups in total. The molecule has 0 unspecified atom stereocenters. The molecule has 6 heteroatoms. The van der Waals surface area contributed by atoms with Crippen LogP contribution in [-0.2, 0) is 11.2 Å². The second kappa shape index (κ2) is 8.56. The van der Waals surface area contributed by atoms with Crippen molar-refractivity contribution in [1.82, 2.24) is 5.43 Å². The van der Waals surface area contributed by atoms with E-state index in [1.165, 1.54) is 11.8 Å². The molecule has 0 radical (unpaired) electrons. The summed E-state index contributed by atoms with van der Waals surface area (Å²) in [5.74, 6) is 0.263. The summed E-state index contributed by atoms with van der Waals surface area (Å²) in [5.41, 5.74) is 4.13. The minimum Gasteiger partial charge on any atom is -0.484 e. The molecule has 23 heavy (non-hydrogen) atoms. The van der Waals surface area contributed by atoms with E-state index in [9.17, 15) is 4.79 Å².